The zero-order chi connectivity index (χ0) is 17.4. The largest absolute Gasteiger partial charge is 0.494 e. The first-order valence-corrected chi connectivity index (χ1v) is 9.34. The van der Waals surface area contributed by atoms with Gasteiger partial charge >= 0.3 is 7.12 Å². The van der Waals surface area contributed by atoms with Gasteiger partial charge in [-0.1, -0.05) is 49.9 Å². The van der Waals surface area contributed by atoms with E-state index in [-0.39, 0.29) is 18.3 Å². The summed E-state index contributed by atoms with van der Waals surface area (Å²) in [7, 11) is -0.323. The summed E-state index contributed by atoms with van der Waals surface area (Å²) in [5.74, 6) is 0.426. The molecule has 1 saturated heterocycles. The Balaban J connectivity index is 1.71. The lowest BCUT2D eigenvalue weighted by Crippen LogP contribution is -2.41. The standard InChI is InChI=1S/C20H30BNO2/c1-19(2)20(3,4)24-21(23-19)17-13-11-16(12-14-17)18(22)15-9-7-5-6-8-10-15/h11-15,22H,5-10H2,1-4H3. The third-order valence-electron chi connectivity index (χ3n) is 6.01. The molecular weight excluding hydrogens is 297 g/mol. The molecule has 0 bridgehead atoms. The fourth-order valence-electron chi connectivity index (χ4n) is 3.60. The lowest BCUT2D eigenvalue weighted by atomic mass is 9.78. The average molecular weight is 327 g/mol. The van der Waals surface area contributed by atoms with Gasteiger partial charge in [0.25, 0.3) is 0 Å². The molecule has 0 aromatic heterocycles. The van der Waals surface area contributed by atoms with Crippen LogP contribution in [0.15, 0.2) is 24.3 Å². The average Bonchev–Trinajstić information content (AvgIpc) is 2.74. The molecule has 0 unspecified atom stereocenters. The van der Waals surface area contributed by atoms with Crippen molar-refractivity contribution < 1.29 is 9.31 Å². The second kappa shape index (κ2) is 6.64. The van der Waals surface area contributed by atoms with Crippen molar-refractivity contribution in [3.05, 3.63) is 29.8 Å². The Morgan fingerprint density at radius 1 is 0.917 bits per heavy atom. The van der Waals surface area contributed by atoms with E-state index >= 15 is 0 Å². The Hall–Kier alpha value is -1.13. The van der Waals surface area contributed by atoms with Crippen LogP contribution in [0, 0.1) is 11.3 Å². The molecule has 1 saturated carbocycles. The molecule has 0 spiro atoms. The molecule has 130 valence electrons. The van der Waals surface area contributed by atoms with Gasteiger partial charge in [-0.2, -0.15) is 0 Å². The van der Waals surface area contributed by atoms with Crippen LogP contribution in [-0.4, -0.2) is 24.0 Å². The first kappa shape index (κ1) is 17.7. The van der Waals surface area contributed by atoms with E-state index in [0.717, 1.165) is 29.6 Å². The zero-order valence-corrected chi connectivity index (χ0v) is 15.5. The molecule has 0 atom stereocenters. The first-order valence-electron chi connectivity index (χ1n) is 9.34. The maximum atomic E-state index is 8.56. The topological polar surface area (TPSA) is 42.3 Å². The number of rotatable bonds is 3. The van der Waals surface area contributed by atoms with E-state index in [0.29, 0.717) is 5.92 Å². The van der Waals surface area contributed by atoms with Gasteiger partial charge in [-0.3, -0.25) is 0 Å². The van der Waals surface area contributed by atoms with Crippen molar-refractivity contribution in [1.29, 1.82) is 5.41 Å². The number of hydrogen-bond acceptors (Lipinski definition) is 3. The molecule has 1 aliphatic carbocycles. The van der Waals surface area contributed by atoms with Crippen LogP contribution in [-0.2, 0) is 9.31 Å². The summed E-state index contributed by atoms with van der Waals surface area (Å²) in [6, 6.07) is 8.24. The van der Waals surface area contributed by atoms with E-state index in [1.54, 1.807) is 0 Å². The number of benzene rings is 1. The quantitative estimate of drug-likeness (QED) is 0.510. The van der Waals surface area contributed by atoms with Gasteiger partial charge in [0.1, 0.15) is 0 Å². The summed E-state index contributed by atoms with van der Waals surface area (Å²) in [5.41, 5.74) is 2.25. The van der Waals surface area contributed by atoms with Crippen LogP contribution in [0.3, 0.4) is 0 Å². The highest BCUT2D eigenvalue weighted by Crippen LogP contribution is 2.36. The third-order valence-corrected chi connectivity index (χ3v) is 6.01. The van der Waals surface area contributed by atoms with Crippen molar-refractivity contribution in [2.75, 3.05) is 0 Å². The van der Waals surface area contributed by atoms with Crippen LogP contribution < -0.4 is 5.46 Å². The minimum absolute atomic E-state index is 0.316. The summed E-state index contributed by atoms with van der Waals surface area (Å²) in [6.45, 7) is 8.29. The fraction of sp³-hybridized carbons (Fsp3) is 0.650. The monoisotopic (exact) mass is 327 g/mol. The third kappa shape index (κ3) is 3.45. The minimum atomic E-state index is -0.323. The van der Waals surface area contributed by atoms with E-state index in [9.17, 15) is 0 Å². The van der Waals surface area contributed by atoms with Crippen molar-refractivity contribution >= 4 is 18.3 Å². The van der Waals surface area contributed by atoms with Crippen LogP contribution in [0.4, 0.5) is 0 Å². The molecule has 1 N–H and O–H groups in total. The van der Waals surface area contributed by atoms with Crippen molar-refractivity contribution in [1.82, 2.24) is 0 Å². The first-order chi connectivity index (χ1) is 11.3. The molecule has 0 radical (unpaired) electrons. The second-order valence-corrected chi connectivity index (χ2v) is 8.31. The van der Waals surface area contributed by atoms with Crippen molar-refractivity contribution in [3.8, 4) is 0 Å². The number of hydrogen-bond donors (Lipinski definition) is 1. The van der Waals surface area contributed by atoms with Crippen LogP contribution in [0.25, 0.3) is 0 Å². The van der Waals surface area contributed by atoms with E-state index < -0.39 is 0 Å². The fourth-order valence-corrected chi connectivity index (χ4v) is 3.60. The maximum absolute atomic E-state index is 8.56. The molecule has 2 aliphatic rings. The Morgan fingerprint density at radius 3 is 1.92 bits per heavy atom. The summed E-state index contributed by atoms with van der Waals surface area (Å²) in [5, 5.41) is 8.56. The molecule has 0 amide bonds. The van der Waals surface area contributed by atoms with Gasteiger partial charge in [0.2, 0.25) is 0 Å². The summed E-state index contributed by atoms with van der Waals surface area (Å²) in [4.78, 5) is 0. The molecule has 1 aromatic carbocycles. The van der Waals surface area contributed by atoms with E-state index in [1.165, 1.54) is 25.7 Å². The lowest BCUT2D eigenvalue weighted by molar-refractivity contribution is 0.00578. The van der Waals surface area contributed by atoms with Gasteiger partial charge in [-0.15, -0.1) is 0 Å². The van der Waals surface area contributed by atoms with Crippen LogP contribution >= 0.6 is 0 Å². The Kier molecular flexibility index (Phi) is 4.90. The molecule has 1 heterocycles. The molecule has 24 heavy (non-hydrogen) atoms. The van der Waals surface area contributed by atoms with Crippen LogP contribution in [0.5, 0.6) is 0 Å². The molecule has 3 rings (SSSR count). The SMILES string of the molecule is CC1(C)OB(c2ccc(C(=N)C3CCCCCC3)cc2)OC1(C)C. The normalized spacial score (nSPS) is 23.9. The molecular formula is C20H30BNO2. The predicted octanol–water partition coefficient (Wildman–Crippen LogP) is 4.32. The van der Waals surface area contributed by atoms with Crippen LogP contribution in [0.1, 0.15) is 71.8 Å². The molecule has 1 aromatic rings. The predicted molar refractivity (Wildman–Crippen MR) is 100 cm³/mol. The second-order valence-electron chi connectivity index (χ2n) is 8.31. The number of nitrogens with one attached hydrogen (secondary N) is 1. The van der Waals surface area contributed by atoms with Gasteiger partial charge in [0.05, 0.1) is 11.2 Å². The summed E-state index contributed by atoms with van der Waals surface area (Å²) in [6.07, 6.45) is 7.50. The van der Waals surface area contributed by atoms with Gasteiger partial charge in [-0.25, -0.2) is 0 Å². The minimum Gasteiger partial charge on any atom is -0.399 e. The summed E-state index contributed by atoms with van der Waals surface area (Å²) >= 11 is 0. The smallest absolute Gasteiger partial charge is 0.399 e. The van der Waals surface area contributed by atoms with Gasteiger partial charge in [0, 0.05) is 11.6 Å². The van der Waals surface area contributed by atoms with Gasteiger partial charge < -0.3 is 14.7 Å². The highest BCUT2D eigenvalue weighted by molar-refractivity contribution is 6.62. The van der Waals surface area contributed by atoms with E-state index in [2.05, 4.69) is 52.0 Å². The van der Waals surface area contributed by atoms with Crippen molar-refractivity contribution in [2.24, 2.45) is 5.92 Å². The van der Waals surface area contributed by atoms with Gasteiger partial charge in [-0.05, 0) is 51.6 Å². The van der Waals surface area contributed by atoms with Crippen LogP contribution in [0.2, 0.25) is 0 Å². The Labute approximate surface area is 146 Å². The van der Waals surface area contributed by atoms with Crippen molar-refractivity contribution in [3.63, 3.8) is 0 Å². The maximum Gasteiger partial charge on any atom is 0.494 e. The van der Waals surface area contributed by atoms with Crippen molar-refractivity contribution in [2.45, 2.75) is 77.4 Å². The molecule has 4 heteroatoms. The van der Waals surface area contributed by atoms with Gasteiger partial charge in [0.15, 0.2) is 0 Å². The van der Waals surface area contributed by atoms with E-state index in [4.69, 9.17) is 14.7 Å². The highest BCUT2D eigenvalue weighted by atomic mass is 16.7. The lowest BCUT2D eigenvalue weighted by Gasteiger charge is -2.32. The molecule has 1 aliphatic heterocycles. The summed E-state index contributed by atoms with van der Waals surface area (Å²) < 4.78 is 12.2. The molecule has 3 nitrogen and oxygen atoms in total. The Bertz CT molecular complexity index is 570. The highest BCUT2D eigenvalue weighted by Gasteiger charge is 2.51. The Morgan fingerprint density at radius 2 is 1.42 bits per heavy atom. The zero-order valence-electron chi connectivity index (χ0n) is 15.5. The molecule has 2 fully saturated rings. The van der Waals surface area contributed by atoms with E-state index in [1.807, 2.05) is 0 Å².